The quantitative estimate of drug-likeness (QED) is 0.222. The number of alkyl halides is 3. The second-order valence-corrected chi connectivity index (χ2v) is 12.0. The Balaban J connectivity index is 0.000000537. The SMILES string of the molecule is CN1CCN(Cc2ccc(-c3nc([C@H]4CC[C@H](O)CC4)n4nc(Nc5cc(F)cc(Cl)c5)ncc34)cc2)CC1.O=C(O)C(F)(F)F. The molecule has 0 bridgehead atoms. The normalized spacial score (nSPS) is 19.5. The third-order valence-electron chi connectivity index (χ3n) is 8.07. The second kappa shape index (κ2) is 14.3. The lowest BCUT2D eigenvalue weighted by Gasteiger charge is -2.32. The predicted molar refractivity (Wildman–Crippen MR) is 165 cm³/mol. The zero-order valence-electron chi connectivity index (χ0n) is 25.0. The molecule has 3 N–H and O–H groups in total. The molecule has 0 atom stereocenters. The van der Waals surface area contributed by atoms with Crippen LogP contribution in [-0.2, 0) is 11.3 Å². The summed E-state index contributed by atoms with van der Waals surface area (Å²) in [6.07, 6.45) is -0.407. The van der Waals surface area contributed by atoms with Gasteiger partial charge in [-0.1, -0.05) is 35.9 Å². The predicted octanol–water partition coefficient (Wildman–Crippen LogP) is 5.73. The van der Waals surface area contributed by atoms with Gasteiger partial charge < -0.3 is 20.4 Å². The highest BCUT2D eigenvalue weighted by Crippen LogP contribution is 2.35. The van der Waals surface area contributed by atoms with Crippen LogP contribution in [0.4, 0.5) is 29.2 Å². The zero-order chi connectivity index (χ0) is 33.0. The molecule has 246 valence electrons. The molecule has 10 nitrogen and oxygen atoms in total. The Kier molecular flexibility index (Phi) is 10.4. The number of anilines is 2. The number of hydrogen-bond acceptors (Lipinski definition) is 8. The van der Waals surface area contributed by atoms with E-state index in [2.05, 4.69) is 51.4 Å². The van der Waals surface area contributed by atoms with Gasteiger partial charge in [0, 0.05) is 54.9 Å². The van der Waals surface area contributed by atoms with Crippen molar-refractivity contribution in [3.05, 3.63) is 70.9 Å². The number of aromatic nitrogens is 4. The Labute approximate surface area is 267 Å². The van der Waals surface area contributed by atoms with Crippen LogP contribution in [0, 0.1) is 5.82 Å². The topological polar surface area (TPSA) is 119 Å². The molecule has 3 heterocycles. The molecule has 2 aliphatic rings. The molecule has 0 amide bonds. The van der Waals surface area contributed by atoms with E-state index in [0.717, 1.165) is 81.0 Å². The van der Waals surface area contributed by atoms with Gasteiger partial charge in [-0.2, -0.15) is 13.2 Å². The molecule has 4 aromatic rings. The highest BCUT2D eigenvalue weighted by molar-refractivity contribution is 6.30. The first-order valence-corrected chi connectivity index (χ1v) is 15.2. The van der Waals surface area contributed by atoms with E-state index in [1.54, 1.807) is 12.3 Å². The van der Waals surface area contributed by atoms with Crippen molar-refractivity contribution in [1.82, 2.24) is 29.4 Å². The van der Waals surface area contributed by atoms with E-state index in [-0.39, 0.29) is 12.0 Å². The minimum absolute atomic E-state index is 0.178. The molecule has 6 rings (SSSR count). The van der Waals surface area contributed by atoms with Gasteiger partial charge in [0.15, 0.2) is 0 Å². The summed E-state index contributed by atoms with van der Waals surface area (Å²) in [4.78, 5) is 23.4. The first-order valence-electron chi connectivity index (χ1n) is 14.8. The number of fused-ring (bicyclic) bond motifs is 1. The van der Waals surface area contributed by atoms with Crippen LogP contribution >= 0.6 is 11.6 Å². The first-order chi connectivity index (χ1) is 21.9. The number of halogens is 5. The largest absolute Gasteiger partial charge is 0.490 e. The van der Waals surface area contributed by atoms with Gasteiger partial charge >= 0.3 is 12.1 Å². The van der Waals surface area contributed by atoms with Gasteiger partial charge in [-0.15, -0.1) is 5.10 Å². The number of aliphatic hydroxyl groups excluding tert-OH is 1. The summed E-state index contributed by atoms with van der Waals surface area (Å²) in [5.74, 6) is -1.83. The molecule has 2 aromatic heterocycles. The molecule has 1 aliphatic heterocycles. The summed E-state index contributed by atoms with van der Waals surface area (Å²) in [5, 5.41) is 25.3. The molecule has 15 heteroatoms. The lowest BCUT2D eigenvalue weighted by atomic mass is 9.87. The number of nitrogens with zero attached hydrogens (tertiary/aromatic N) is 6. The van der Waals surface area contributed by atoms with Gasteiger partial charge in [-0.05, 0) is 56.5 Å². The molecule has 46 heavy (non-hydrogen) atoms. The van der Waals surface area contributed by atoms with E-state index in [9.17, 15) is 22.7 Å². The fourth-order valence-electron chi connectivity index (χ4n) is 5.56. The zero-order valence-corrected chi connectivity index (χ0v) is 25.8. The molecule has 1 saturated heterocycles. The van der Waals surface area contributed by atoms with Crippen LogP contribution in [0.2, 0.25) is 5.02 Å². The van der Waals surface area contributed by atoms with Crippen molar-refractivity contribution < 1.29 is 32.6 Å². The number of benzene rings is 2. The van der Waals surface area contributed by atoms with Gasteiger partial charge in [0.2, 0.25) is 5.95 Å². The van der Waals surface area contributed by atoms with Gasteiger partial charge in [-0.3, -0.25) is 4.90 Å². The summed E-state index contributed by atoms with van der Waals surface area (Å²) in [6, 6.07) is 12.9. The van der Waals surface area contributed by atoms with E-state index in [4.69, 9.17) is 31.6 Å². The van der Waals surface area contributed by atoms with Crippen molar-refractivity contribution in [1.29, 1.82) is 0 Å². The highest BCUT2D eigenvalue weighted by atomic mass is 35.5. The molecule has 2 fully saturated rings. The van der Waals surface area contributed by atoms with Crippen LogP contribution in [0.5, 0.6) is 0 Å². The number of carboxylic acid groups (broad SMARTS) is 1. The maximum Gasteiger partial charge on any atom is 0.490 e. The number of carboxylic acids is 1. The Morgan fingerprint density at radius 1 is 1.04 bits per heavy atom. The van der Waals surface area contributed by atoms with Crippen LogP contribution in [0.15, 0.2) is 48.7 Å². The number of imidazole rings is 1. The number of hydrogen-bond donors (Lipinski definition) is 3. The Morgan fingerprint density at radius 2 is 1.70 bits per heavy atom. The fraction of sp³-hybridized carbons (Fsp3) is 0.419. The van der Waals surface area contributed by atoms with E-state index in [1.807, 2.05) is 4.52 Å². The third-order valence-corrected chi connectivity index (χ3v) is 8.29. The molecular formula is C31H34ClF4N7O3. The van der Waals surface area contributed by atoms with Crippen molar-refractivity contribution in [2.24, 2.45) is 0 Å². The summed E-state index contributed by atoms with van der Waals surface area (Å²) in [5.41, 5.74) is 4.41. The Morgan fingerprint density at radius 3 is 2.30 bits per heavy atom. The smallest absolute Gasteiger partial charge is 0.475 e. The first kappa shape index (κ1) is 33.5. The Bertz CT molecular complexity index is 1630. The maximum atomic E-state index is 13.9. The molecule has 0 spiro atoms. The average Bonchev–Trinajstić information content (AvgIpc) is 3.37. The number of carbonyl (C=O) groups is 1. The van der Waals surface area contributed by atoms with E-state index in [1.165, 1.54) is 17.7 Å². The van der Waals surface area contributed by atoms with E-state index >= 15 is 0 Å². The number of nitrogens with one attached hydrogen (secondary N) is 1. The maximum absolute atomic E-state index is 13.9. The lowest BCUT2D eigenvalue weighted by molar-refractivity contribution is -0.192. The lowest BCUT2D eigenvalue weighted by Crippen LogP contribution is -2.43. The summed E-state index contributed by atoms with van der Waals surface area (Å²) in [6.45, 7) is 5.30. The van der Waals surface area contributed by atoms with Crippen LogP contribution in [-0.4, -0.2) is 91.1 Å². The van der Waals surface area contributed by atoms with Crippen molar-refractivity contribution in [2.45, 2.75) is 50.4 Å². The van der Waals surface area contributed by atoms with Crippen LogP contribution < -0.4 is 5.32 Å². The molecule has 1 saturated carbocycles. The van der Waals surface area contributed by atoms with Crippen LogP contribution in [0.3, 0.4) is 0 Å². The second-order valence-electron chi connectivity index (χ2n) is 11.6. The van der Waals surface area contributed by atoms with Crippen molar-refractivity contribution in [2.75, 3.05) is 38.5 Å². The minimum Gasteiger partial charge on any atom is -0.475 e. The van der Waals surface area contributed by atoms with Gasteiger partial charge in [0.1, 0.15) is 17.2 Å². The minimum atomic E-state index is -5.08. The van der Waals surface area contributed by atoms with Crippen LogP contribution in [0.25, 0.3) is 16.8 Å². The molecule has 0 unspecified atom stereocenters. The van der Waals surface area contributed by atoms with Gasteiger partial charge in [0.25, 0.3) is 0 Å². The number of likely N-dealkylation sites (N-methyl/N-ethyl adjacent to an activating group) is 1. The molecular weight excluding hydrogens is 630 g/mol. The fourth-order valence-corrected chi connectivity index (χ4v) is 5.78. The monoisotopic (exact) mass is 663 g/mol. The van der Waals surface area contributed by atoms with E-state index in [0.29, 0.717) is 16.7 Å². The van der Waals surface area contributed by atoms with Crippen molar-refractivity contribution in [3.63, 3.8) is 0 Å². The Hall–Kier alpha value is -3.85. The average molecular weight is 664 g/mol. The number of aliphatic carboxylic acids is 1. The summed E-state index contributed by atoms with van der Waals surface area (Å²) in [7, 11) is 2.17. The number of piperazine rings is 1. The molecule has 2 aromatic carbocycles. The van der Waals surface area contributed by atoms with Crippen molar-refractivity contribution >= 4 is 34.7 Å². The number of rotatable bonds is 6. The van der Waals surface area contributed by atoms with Crippen LogP contribution in [0.1, 0.15) is 43.0 Å². The highest BCUT2D eigenvalue weighted by Gasteiger charge is 2.38. The third kappa shape index (κ3) is 8.49. The van der Waals surface area contributed by atoms with Gasteiger partial charge in [0.05, 0.1) is 18.0 Å². The standard InChI is InChI=1S/C29H33ClFN7O.C2HF3O2/c1-36-10-12-37(13-11-36)18-19-2-4-20(5-3-19)27-26-17-32-29(33-24-15-22(30)14-23(31)16-24)35-38(26)28(34-27)21-6-8-25(39)9-7-21;3-2(4,5)1(6)7/h2-5,14-17,21,25,39H,6-13,18H2,1H3,(H,33,35);(H,6,7)/t21-,25-;. The van der Waals surface area contributed by atoms with Crippen molar-refractivity contribution in [3.8, 4) is 11.3 Å². The number of aliphatic hydroxyl groups is 1. The van der Waals surface area contributed by atoms with E-state index < -0.39 is 18.0 Å². The summed E-state index contributed by atoms with van der Waals surface area (Å²) < 4.78 is 47.5. The molecule has 0 radical (unpaired) electrons. The molecule has 1 aliphatic carbocycles. The summed E-state index contributed by atoms with van der Waals surface area (Å²) >= 11 is 6.03. The van der Waals surface area contributed by atoms with Gasteiger partial charge in [-0.25, -0.2) is 23.7 Å².